The summed E-state index contributed by atoms with van der Waals surface area (Å²) in [4.78, 5) is 0. The second kappa shape index (κ2) is 23.2. The van der Waals surface area contributed by atoms with Crippen LogP contribution in [0.15, 0.2) is 0 Å². The first kappa shape index (κ1) is 45.7. The van der Waals surface area contributed by atoms with E-state index in [1.54, 1.807) is 6.92 Å². The van der Waals surface area contributed by atoms with E-state index in [1.165, 1.54) is 0 Å². The minimum atomic E-state index is -4.03. The minimum absolute atomic E-state index is 0.0166. The fourth-order valence-electron chi connectivity index (χ4n) is 5.40. The molecule has 0 rings (SSSR count). The van der Waals surface area contributed by atoms with Gasteiger partial charge in [0.1, 0.15) is 0 Å². The first-order valence-electron chi connectivity index (χ1n) is 17.7. The first-order chi connectivity index (χ1) is 21.4. The molecule has 12 nitrogen and oxygen atoms in total. The van der Waals surface area contributed by atoms with Gasteiger partial charge in [-0.2, -0.15) is 0 Å². The Balaban J connectivity index is 7.69. The zero-order chi connectivity index (χ0) is 35.6. The fourth-order valence-corrected chi connectivity index (χ4v) is 8.80. The summed E-state index contributed by atoms with van der Waals surface area (Å²) in [5.74, 6) is -1.56. The third-order valence-corrected chi connectivity index (χ3v) is 9.75. The summed E-state index contributed by atoms with van der Waals surface area (Å²) >= 11 is 0. The highest BCUT2D eigenvalue weighted by atomic mass is 28.4. The van der Waals surface area contributed by atoms with Gasteiger partial charge < -0.3 is 55.1 Å². The maximum absolute atomic E-state index is 7.20. The quantitative estimate of drug-likeness (QED) is 0.0604. The van der Waals surface area contributed by atoms with Crippen LogP contribution in [0, 0.1) is 5.92 Å². The van der Waals surface area contributed by atoms with E-state index in [2.05, 4.69) is 19.2 Å². The third-order valence-electron chi connectivity index (χ3n) is 6.67. The molecule has 0 aliphatic rings. The standard InChI is InChI=1S/C33H74N4O8Si/c1-14-37-31(19-22-36)29(12)23-46(43-30(17-15-20-34)18-16-21-35,44-32(13,38-24(2)3)39-25(4)5)45-33(40-26(6)7,41-27(8)9)42-28(10)11/h24-31,37H,14-23,34-36H2,1-13H3. The Kier molecular flexibility index (Phi) is 23.1. The van der Waals surface area contributed by atoms with Gasteiger partial charge in [0.05, 0.1) is 30.5 Å². The van der Waals surface area contributed by atoms with Crippen molar-refractivity contribution in [3.05, 3.63) is 0 Å². The van der Waals surface area contributed by atoms with Crippen molar-refractivity contribution in [1.82, 2.24) is 5.32 Å². The van der Waals surface area contributed by atoms with Crippen LogP contribution in [0.3, 0.4) is 0 Å². The molecule has 3 atom stereocenters. The molecule has 3 unspecified atom stereocenters. The lowest BCUT2D eigenvalue weighted by molar-refractivity contribution is -0.506. The maximum atomic E-state index is 7.20. The summed E-state index contributed by atoms with van der Waals surface area (Å²) in [5, 5.41) is 3.60. The molecule has 7 N–H and O–H groups in total. The van der Waals surface area contributed by atoms with E-state index < -0.39 is 20.9 Å². The number of ether oxygens (including phenoxy) is 5. The van der Waals surface area contributed by atoms with Crippen molar-refractivity contribution >= 4 is 8.80 Å². The molecule has 0 aromatic carbocycles. The number of hydrogen-bond acceptors (Lipinski definition) is 12. The Bertz CT molecular complexity index is 709. The molecule has 0 fully saturated rings. The highest BCUT2D eigenvalue weighted by Crippen LogP contribution is 2.39. The van der Waals surface area contributed by atoms with E-state index in [9.17, 15) is 0 Å². The number of nitrogens with two attached hydrogens (primary N) is 3. The van der Waals surface area contributed by atoms with Crippen molar-refractivity contribution in [1.29, 1.82) is 0 Å². The molecule has 0 saturated carbocycles. The van der Waals surface area contributed by atoms with E-state index in [0.717, 1.165) is 25.8 Å². The van der Waals surface area contributed by atoms with Crippen molar-refractivity contribution in [3.63, 3.8) is 0 Å². The van der Waals surface area contributed by atoms with Crippen LogP contribution in [0.4, 0.5) is 0 Å². The van der Waals surface area contributed by atoms with E-state index in [0.29, 0.717) is 38.5 Å². The van der Waals surface area contributed by atoms with Crippen LogP contribution in [0.25, 0.3) is 0 Å². The van der Waals surface area contributed by atoms with Gasteiger partial charge in [-0.1, -0.05) is 13.8 Å². The average molecular weight is 683 g/mol. The fraction of sp³-hybridized carbons (Fsp3) is 1.00. The van der Waals surface area contributed by atoms with Gasteiger partial charge in [0.25, 0.3) is 5.97 Å². The number of nitrogens with one attached hydrogen (secondary N) is 1. The van der Waals surface area contributed by atoms with Crippen LogP contribution in [0.2, 0.25) is 6.04 Å². The Labute approximate surface area is 283 Å². The number of hydrogen-bond donors (Lipinski definition) is 4. The van der Waals surface area contributed by atoms with Crippen molar-refractivity contribution in [2.24, 2.45) is 23.1 Å². The van der Waals surface area contributed by atoms with Gasteiger partial charge in [0.15, 0.2) is 0 Å². The smallest absolute Gasteiger partial charge is 0.370 e. The van der Waals surface area contributed by atoms with Crippen LogP contribution in [-0.2, 0) is 37.0 Å². The lowest BCUT2D eigenvalue weighted by atomic mass is 10.0. The lowest BCUT2D eigenvalue weighted by Crippen LogP contribution is -2.64. The molecule has 0 amide bonds. The van der Waals surface area contributed by atoms with E-state index in [1.807, 2.05) is 69.2 Å². The highest BCUT2D eigenvalue weighted by molar-refractivity contribution is 6.61. The summed E-state index contributed by atoms with van der Waals surface area (Å²) in [7, 11) is -4.03. The van der Waals surface area contributed by atoms with Gasteiger partial charge in [0.2, 0.25) is 0 Å². The third kappa shape index (κ3) is 19.1. The lowest BCUT2D eigenvalue weighted by Gasteiger charge is -2.47. The molecule has 0 aliphatic carbocycles. The monoisotopic (exact) mass is 683 g/mol. The zero-order valence-electron chi connectivity index (χ0n) is 31.7. The molecule has 0 aromatic rings. The predicted molar refractivity (Wildman–Crippen MR) is 187 cm³/mol. The van der Waals surface area contributed by atoms with Crippen LogP contribution in [0.5, 0.6) is 0 Å². The molecule has 0 aromatic heterocycles. The first-order valence-corrected chi connectivity index (χ1v) is 19.6. The van der Waals surface area contributed by atoms with E-state index in [4.69, 9.17) is 54.2 Å². The van der Waals surface area contributed by atoms with Gasteiger partial charge in [-0.3, -0.25) is 4.43 Å². The molecule has 13 heteroatoms. The second-order valence-corrected chi connectivity index (χ2v) is 16.0. The van der Waals surface area contributed by atoms with Crippen molar-refractivity contribution in [2.75, 3.05) is 26.2 Å². The summed E-state index contributed by atoms with van der Waals surface area (Å²) in [5.41, 5.74) is 18.0. The molecule has 46 heavy (non-hydrogen) atoms. The summed E-state index contributed by atoms with van der Waals surface area (Å²) < 4.78 is 53.5. The Morgan fingerprint density at radius 1 is 0.609 bits per heavy atom. The summed E-state index contributed by atoms with van der Waals surface area (Å²) in [6.45, 7) is 27.5. The normalized spacial score (nSPS) is 16.0. The molecular formula is C33H74N4O8Si. The molecule has 0 spiro atoms. The molecule has 278 valence electrons. The van der Waals surface area contributed by atoms with Crippen LogP contribution in [0.1, 0.15) is 122 Å². The SMILES string of the molecule is CCNC(CCN)C(C)C[Si](OC(CCCN)CCCN)(OC(C)(OC(C)C)OC(C)C)OC(OC(C)C)(OC(C)C)OC(C)C. The van der Waals surface area contributed by atoms with E-state index >= 15 is 0 Å². The molecule has 0 radical (unpaired) electrons. The largest absolute Gasteiger partial charge is 0.511 e. The van der Waals surface area contributed by atoms with E-state index in [-0.39, 0.29) is 48.6 Å². The Hall–Kier alpha value is -0.263. The molecule has 0 saturated heterocycles. The van der Waals surface area contributed by atoms with Crippen LogP contribution in [-0.4, -0.2) is 89.8 Å². The second-order valence-electron chi connectivity index (χ2n) is 13.6. The van der Waals surface area contributed by atoms with Crippen LogP contribution >= 0.6 is 0 Å². The average Bonchev–Trinajstić information content (AvgIpc) is 2.87. The maximum Gasteiger partial charge on any atom is 0.511 e. The zero-order valence-corrected chi connectivity index (χ0v) is 32.7. The van der Waals surface area contributed by atoms with Crippen molar-refractivity contribution < 1.29 is 37.0 Å². The Morgan fingerprint density at radius 2 is 1.04 bits per heavy atom. The summed E-state index contributed by atoms with van der Waals surface area (Å²) in [6, 6.07) is 0.418. The van der Waals surface area contributed by atoms with Gasteiger partial charge in [-0.05, 0) is 133 Å². The molecular weight excluding hydrogens is 608 g/mol. The van der Waals surface area contributed by atoms with Crippen molar-refractivity contribution in [3.8, 4) is 0 Å². The van der Waals surface area contributed by atoms with Gasteiger partial charge in [-0.15, -0.1) is 0 Å². The molecule has 0 heterocycles. The predicted octanol–water partition coefficient (Wildman–Crippen LogP) is 5.19. The van der Waals surface area contributed by atoms with Crippen molar-refractivity contribution in [2.45, 2.75) is 183 Å². The summed E-state index contributed by atoms with van der Waals surface area (Å²) in [6.07, 6.45) is -0.0593. The molecule has 0 aliphatic heterocycles. The topological polar surface area (TPSA) is 164 Å². The number of rotatable bonds is 29. The van der Waals surface area contributed by atoms with Crippen LogP contribution < -0.4 is 22.5 Å². The van der Waals surface area contributed by atoms with Gasteiger partial charge in [-0.25, -0.2) is 0 Å². The molecule has 0 bridgehead atoms. The van der Waals surface area contributed by atoms with Gasteiger partial charge >= 0.3 is 15.0 Å². The van der Waals surface area contributed by atoms with Gasteiger partial charge in [0, 0.05) is 25.1 Å². The Morgan fingerprint density at radius 3 is 1.39 bits per heavy atom. The highest BCUT2D eigenvalue weighted by Gasteiger charge is 2.59. The minimum Gasteiger partial charge on any atom is -0.370 e.